The fourth-order valence-corrected chi connectivity index (χ4v) is 2.54. The molecule has 0 amide bonds. The van der Waals surface area contributed by atoms with E-state index in [1.165, 1.54) is 17.4 Å². The molecular weight excluding hydrogens is 296 g/mol. The standard InChI is InChI=1S/C12H12N4O4S/c17-16(18)11-2-1-10(20-11)12-14-9(8-21-12)7-13-15-3-5-19-6-4-15/h1-2,7-8H,3-6H2/b13-7-. The van der Waals surface area contributed by atoms with Gasteiger partial charge in [-0.15, -0.1) is 11.3 Å². The van der Waals surface area contributed by atoms with E-state index < -0.39 is 4.92 Å². The number of hydrazone groups is 1. The van der Waals surface area contributed by atoms with E-state index in [0.29, 0.717) is 29.7 Å². The summed E-state index contributed by atoms with van der Waals surface area (Å²) in [4.78, 5) is 14.3. The average molecular weight is 308 g/mol. The third kappa shape index (κ3) is 3.26. The van der Waals surface area contributed by atoms with E-state index in [2.05, 4.69) is 10.1 Å². The molecule has 0 radical (unpaired) electrons. The van der Waals surface area contributed by atoms with Crippen LogP contribution in [0.15, 0.2) is 27.0 Å². The average Bonchev–Trinajstić information content (AvgIpc) is 3.15. The summed E-state index contributed by atoms with van der Waals surface area (Å²) in [6, 6.07) is 2.86. The molecule has 9 heteroatoms. The van der Waals surface area contributed by atoms with Crippen LogP contribution < -0.4 is 0 Å². The molecule has 1 aliphatic rings. The number of thiazole rings is 1. The molecule has 0 atom stereocenters. The number of furan rings is 1. The van der Waals surface area contributed by atoms with E-state index in [9.17, 15) is 10.1 Å². The molecule has 1 saturated heterocycles. The minimum Gasteiger partial charge on any atom is -0.398 e. The maximum Gasteiger partial charge on any atom is 0.433 e. The molecule has 0 aliphatic carbocycles. The van der Waals surface area contributed by atoms with Crippen molar-refractivity contribution in [1.29, 1.82) is 0 Å². The minimum atomic E-state index is -0.572. The number of nitrogens with zero attached hydrogens (tertiary/aromatic N) is 4. The van der Waals surface area contributed by atoms with Gasteiger partial charge in [0.25, 0.3) is 0 Å². The molecule has 0 bridgehead atoms. The molecule has 3 heterocycles. The van der Waals surface area contributed by atoms with Gasteiger partial charge in [-0.3, -0.25) is 15.1 Å². The molecule has 1 fully saturated rings. The van der Waals surface area contributed by atoms with E-state index in [1.54, 1.807) is 12.3 Å². The Kier molecular flexibility index (Phi) is 3.93. The zero-order chi connectivity index (χ0) is 14.7. The van der Waals surface area contributed by atoms with Gasteiger partial charge in [-0.05, 0) is 6.07 Å². The molecule has 0 spiro atoms. The van der Waals surface area contributed by atoms with Crippen molar-refractivity contribution < 1.29 is 14.1 Å². The predicted octanol–water partition coefficient (Wildman–Crippen LogP) is 1.98. The van der Waals surface area contributed by atoms with E-state index >= 15 is 0 Å². The van der Waals surface area contributed by atoms with Crippen molar-refractivity contribution >= 4 is 23.4 Å². The van der Waals surface area contributed by atoms with Gasteiger partial charge in [-0.2, -0.15) is 5.10 Å². The number of nitro groups is 1. The normalized spacial score (nSPS) is 15.7. The molecule has 3 rings (SSSR count). The molecule has 0 aromatic carbocycles. The third-order valence-electron chi connectivity index (χ3n) is 2.85. The second-order valence-electron chi connectivity index (χ2n) is 4.28. The molecule has 2 aromatic heterocycles. The second-order valence-corrected chi connectivity index (χ2v) is 5.14. The van der Waals surface area contributed by atoms with Gasteiger partial charge in [0, 0.05) is 5.38 Å². The van der Waals surface area contributed by atoms with Crippen LogP contribution >= 0.6 is 11.3 Å². The highest BCUT2D eigenvalue weighted by Crippen LogP contribution is 2.28. The van der Waals surface area contributed by atoms with E-state index in [1.807, 2.05) is 10.4 Å². The lowest BCUT2D eigenvalue weighted by atomic mass is 10.4. The largest absolute Gasteiger partial charge is 0.433 e. The van der Waals surface area contributed by atoms with Crippen LogP contribution in [0.2, 0.25) is 0 Å². The first-order valence-corrected chi connectivity index (χ1v) is 7.17. The number of aromatic nitrogens is 1. The van der Waals surface area contributed by atoms with Crippen LogP contribution in [0.1, 0.15) is 5.69 Å². The summed E-state index contributed by atoms with van der Waals surface area (Å²) in [7, 11) is 0. The Morgan fingerprint density at radius 2 is 2.24 bits per heavy atom. The Balaban J connectivity index is 1.70. The minimum absolute atomic E-state index is 0.288. The number of ether oxygens (including phenoxy) is 1. The highest BCUT2D eigenvalue weighted by Gasteiger charge is 2.15. The summed E-state index contributed by atoms with van der Waals surface area (Å²) in [6.07, 6.45) is 1.67. The third-order valence-corrected chi connectivity index (χ3v) is 3.72. The lowest BCUT2D eigenvalue weighted by Crippen LogP contribution is -2.32. The van der Waals surface area contributed by atoms with Gasteiger partial charge in [-0.1, -0.05) is 0 Å². The van der Waals surface area contributed by atoms with Gasteiger partial charge in [0.2, 0.25) is 0 Å². The van der Waals surface area contributed by atoms with Gasteiger partial charge in [0.05, 0.1) is 44.3 Å². The van der Waals surface area contributed by atoms with E-state index in [-0.39, 0.29) is 5.88 Å². The summed E-state index contributed by atoms with van der Waals surface area (Å²) < 4.78 is 10.4. The highest BCUT2D eigenvalue weighted by molar-refractivity contribution is 7.13. The first-order chi connectivity index (χ1) is 10.2. The lowest BCUT2D eigenvalue weighted by molar-refractivity contribution is -0.401. The highest BCUT2D eigenvalue weighted by atomic mass is 32.1. The molecule has 110 valence electrons. The van der Waals surface area contributed by atoms with Gasteiger partial charge >= 0.3 is 5.88 Å². The summed E-state index contributed by atoms with van der Waals surface area (Å²) in [6.45, 7) is 2.88. The fraction of sp³-hybridized carbons (Fsp3) is 0.333. The zero-order valence-corrected chi connectivity index (χ0v) is 11.8. The topological polar surface area (TPSA) is 94.0 Å². The molecule has 0 N–H and O–H groups in total. The second kappa shape index (κ2) is 6.02. The summed E-state index contributed by atoms with van der Waals surface area (Å²) in [5, 5.41) is 19.2. The van der Waals surface area contributed by atoms with Gasteiger partial charge in [0.1, 0.15) is 4.92 Å². The quantitative estimate of drug-likeness (QED) is 0.487. The van der Waals surface area contributed by atoms with Crippen LogP contribution in [-0.2, 0) is 4.74 Å². The summed E-state index contributed by atoms with van der Waals surface area (Å²) in [5.74, 6) is 0.0986. The van der Waals surface area contributed by atoms with Gasteiger partial charge in [-0.25, -0.2) is 4.98 Å². The van der Waals surface area contributed by atoms with Crippen molar-refractivity contribution in [3.8, 4) is 10.8 Å². The molecule has 2 aromatic rings. The number of hydrogen-bond donors (Lipinski definition) is 0. The van der Waals surface area contributed by atoms with Crippen LogP contribution in [0, 0.1) is 10.1 Å². The lowest BCUT2D eigenvalue weighted by Gasteiger charge is -2.23. The maximum absolute atomic E-state index is 10.6. The van der Waals surface area contributed by atoms with Crippen molar-refractivity contribution in [1.82, 2.24) is 9.99 Å². The zero-order valence-electron chi connectivity index (χ0n) is 11.0. The number of rotatable bonds is 4. The van der Waals surface area contributed by atoms with Crippen molar-refractivity contribution in [2.24, 2.45) is 5.10 Å². The molecule has 21 heavy (non-hydrogen) atoms. The number of hydrogen-bond acceptors (Lipinski definition) is 8. The molecule has 0 unspecified atom stereocenters. The maximum atomic E-state index is 10.6. The van der Waals surface area contributed by atoms with Crippen molar-refractivity contribution in [2.75, 3.05) is 26.3 Å². The Hall–Kier alpha value is -2.26. The first-order valence-electron chi connectivity index (χ1n) is 6.29. The first kappa shape index (κ1) is 13.7. The Bertz CT molecular complexity index is 660. The van der Waals surface area contributed by atoms with Crippen molar-refractivity contribution in [2.45, 2.75) is 0 Å². The van der Waals surface area contributed by atoms with Crippen LogP contribution in [0.4, 0.5) is 5.88 Å². The Morgan fingerprint density at radius 3 is 2.95 bits per heavy atom. The monoisotopic (exact) mass is 308 g/mol. The number of morpholine rings is 1. The van der Waals surface area contributed by atoms with E-state index in [4.69, 9.17) is 9.15 Å². The van der Waals surface area contributed by atoms with Crippen LogP contribution in [0.5, 0.6) is 0 Å². The van der Waals surface area contributed by atoms with Crippen LogP contribution in [-0.4, -0.2) is 47.4 Å². The van der Waals surface area contributed by atoms with Crippen LogP contribution in [0.3, 0.4) is 0 Å². The smallest absolute Gasteiger partial charge is 0.398 e. The fourth-order valence-electron chi connectivity index (χ4n) is 1.81. The Morgan fingerprint density at radius 1 is 1.43 bits per heavy atom. The summed E-state index contributed by atoms with van der Waals surface area (Å²) >= 11 is 1.35. The molecule has 1 aliphatic heterocycles. The van der Waals surface area contributed by atoms with Crippen LogP contribution in [0.25, 0.3) is 10.8 Å². The predicted molar refractivity (Wildman–Crippen MR) is 76.5 cm³/mol. The SMILES string of the molecule is O=[N+]([O-])c1ccc(-c2nc(/C=N\N3CCOCC3)cs2)o1. The van der Waals surface area contributed by atoms with Crippen molar-refractivity contribution in [3.05, 3.63) is 33.3 Å². The van der Waals surface area contributed by atoms with Gasteiger partial charge in [0.15, 0.2) is 10.8 Å². The van der Waals surface area contributed by atoms with E-state index in [0.717, 1.165) is 13.1 Å². The molecular formula is C12H12N4O4S. The molecule has 8 nitrogen and oxygen atoms in total. The Labute approximate surface area is 123 Å². The van der Waals surface area contributed by atoms with Crippen molar-refractivity contribution in [3.63, 3.8) is 0 Å². The molecule has 0 saturated carbocycles. The summed E-state index contributed by atoms with van der Waals surface area (Å²) in [5.41, 5.74) is 0.695. The van der Waals surface area contributed by atoms with Gasteiger partial charge < -0.3 is 9.15 Å².